The molecule has 0 spiro atoms. The van der Waals surface area contributed by atoms with Crippen LogP contribution in [-0.2, 0) is 11.8 Å². The zero-order chi connectivity index (χ0) is 10.1. The largest absolute Gasteiger partial charge is 0.465 e. The van der Waals surface area contributed by atoms with Crippen molar-refractivity contribution in [3.8, 4) is 0 Å². The van der Waals surface area contributed by atoms with Gasteiger partial charge in [-0.1, -0.05) is 6.07 Å². The van der Waals surface area contributed by atoms with E-state index in [1.54, 1.807) is 18.5 Å². The molecule has 0 bridgehead atoms. The molecule has 0 amide bonds. The summed E-state index contributed by atoms with van der Waals surface area (Å²) in [6.45, 7) is 0. The number of rotatable bonds is 1. The molecule has 0 aliphatic carbocycles. The van der Waals surface area contributed by atoms with Crippen molar-refractivity contribution < 1.29 is 9.53 Å². The van der Waals surface area contributed by atoms with Crippen LogP contribution in [0.15, 0.2) is 24.5 Å². The lowest BCUT2D eigenvalue weighted by atomic mass is 10.2. The van der Waals surface area contributed by atoms with Crippen LogP contribution in [0.3, 0.4) is 0 Å². The molecule has 1 heterocycles. The van der Waals surface area contributed by atoms with Gasteiger partial charge in [-0.3, -0.25) is 0 Å². The average molecular weight is 190 g/mol. The third-order valence-electron chi connectivity index (χ3n) is 2.14. The minimum atomic E-state index is -0.334. The first-order valence-corrected chi connectivity index (χ1v) is 4.22. The Morgan fingerprint density at radius 3 is 3.00 bits per heavy atom. The first-order valence-electron chi connectivity index (χ1n) is 4.22. The number of ether oxygens (including phenoxy) is 1. The predicted molar refractivity (Wildman–Crippen MR) is 52.1 cm³/mol. The topological polar surface area (TPSA) is 44.1 Å². The van der Waals surface area contributed by atoms with Crippen molar-refractivity contribution in [2.24, 2.45) is 7.05 Å². The number of hydrogen-bond acceptors (Lipinski definition) is 3. The van der Waals surface area contributed by atoms with Crippen LogP contribution in [0.5, 0.6) is 0 Å². The zero-order valence-corrected chi connectivity index (χ0v) is 8.02. The van der Waals surface area contributed by atoms with Gasteiger partial charge in [0.2, 0.25) is 0 Å². The predicted octanol–water partition coefficient (Wildman–Crippen LogP) is 1.36. The van der Waals surface area contributed by atoms with E-state index in [0.717, 1.165) is 11.0 Å². The molecule has 4 nitrogen and oxygen atoms in total. The minimum Gasteiger partial charge on any atom is -0.465 e. The lowest BCUT2D eigenvalue weighted by Gasteiger charge is -2.02. The van der Waals surface area contributed by atoms with Crippen LogP contribution in [0.1, 0.15) is 10.4 Å². The van der Waals surface area contributed by atoms with E-state index in [9.17, 15) is 4.79 Å². The van der Waals surface area contributed by atoms with Crippen molar-refractivity contribution in [1.82, 2.24) is 9.55 Å². The van der Waals surface area contributed by atoms with E-state index in [1.807, 2.05) is 17.7 Å². The fourth-order valence-electron chi connectivity index (χ4n) is 1.49. The molecule has 0 saturated heterocycles. The van der Waals surface area contributed by atoms with Gasteiger partial charge >= 0.3 is 5.97 Å². The number of aromatic nitrogens is 2. The van der Waals surface area contributed by atoms with E-state index < -0.39 is 0 Å². The smallest absolute Gasteiger partial charge is 0.340 e. The van der Waals surface area contributed by atoms with Gasteiger partial charge in [0.25, 0.3) is 0 Å². The summed E-state index contributed by atoms with van der Waals surface area (Å²) in [6.07, 6.45) is 1.68. The third kappa shape index (κ3) is 1.16. The Balaban J connectivity index is 2.75. The maximum Gasteiger partial charge on any atom is 0.340 e. The molecule has 2 aromatic rings. The maximum absolute atomic E-state index is 11.4. The van der Waals surface area contributed by atoms with Crippen molar-refractivity contribution in [3.63, 3.8) is 0 Å². The van der Waals surface area contributed by atoms with Gasteiger partial charge < -0.3 is 9.30 Å². The van der Waals surface area contributed by atoms with Crippen LogP contribution in [0, 0.1) is 0 Å². The Kier molecular flexibility index (Phi) is 1.96. The molecule has 0 radical (unpaired) electrons. The molecule has 0 aliphatic rings. The molecule has 14 heavy (non-hydrogen) atoms. The summed E-state index contributed by atoms with van der Waals surface area (Å²) < 4.78 is 6.50. The molecule has 2 rings (SSSR count). The minimum absolute atomic E-state index is 0.334. The Morgan fingerprint density at radius 2 is 2.29 bits per heavy atom. The van der Waals surface area contributed by atoms with Crippen LogP contribution in [-0.4, -0.2) is 22.6 Å². The quantitative estimate of drug-likeness (QED) is 0.638. The Bertz CT molecular complexity index is 488. The second-order valence-electron chi connectivity index (χ2n) is 3.02. The van der Waals surface area contributed by atoms with Gasteiger partial charge in [-0.15, -0.1) is 0 Å². The number of benzene rings is 1. The van der Waals surface area contributed by atoms with Gasteiger partial charge in [0.05, 0.1) is 30.0 Å². The van der Waals surface area contributed by atoms with Crippen molar-refractivity contribution in [3.05, 3.63) is 30.1 Å². The van der Waals surface area contributed by atoms with E-state index in [2.05, 4.69) is 9.72 Å². The first-order chi connectivity index (χ1) is 6.74. The SMILES string of the molecule is COC(=O)c1cccc2ncn(C)c12. The highest BCUT2D eigenvalue weighted by molar-refractivity contribution is 6.01. The zero-order valence-electron chi connectivity index (χ0n) is 8.02. The average Bonchev–Trinajstić information content (AvgIpc) is 2.59. The summed E-state index contributed by atoms with van der Waals surface area (Å²) in [5.41, 5.74) is 2.15. The summed E-state index contributed by atoms with van der Waals surface area (Å²) in [5.74, 6) is -0.334. The molecule has 4 heteroatoms. The molecule has 0 aliphatic heterocycles. The molecular formula is C10H10N2O2. The summed E-state index contributed by atoms with van der Waals surface area (Å²) in [5, 5.41) is 0. The Morgan fingerprint density at radius 1 is 1.50 bits per heavy atom. The van der Waals surface area contributed by atoms with Gasteiger partial charge in [0, 0.05) is 7.05 Å². The van der Waals surface area contributed by atoms with E-state index in [4.69, 9.17) is 0 Å². The van der Waals surface area contributed by atoms with Gasteiger partial charge in [-0.25, -0.2) is 9.78 Å². The number of methoxy groups -OCH3 is 1. The van der Waals surface area contributed by atoms with Crippen LogP contribution in [0.25, 0.3) is 11.0 Å². The number of aryl methyl sites for hydroxylation is 1. The molecule has 72 valence electrons. The molecule has 1 aromatic heterocycles. The highest BCUT2D eigenvalue weighted by Gasteiger charge is 2.12. The number of carbonyl (C=O) groups excluding carboxylic acids is 1. The summed E-state index contributed by atoms with van der Waals surface area (Å²) in [7, 11) is 3.22. The van der Waals surface area contributed by atoms with Crippen molar-refractivity contribution >= 4 is 17.0 Å². The Hall–Kier alpha value is -1.84. The number of fused-ring (bicyclic) bond motifs is 1. The maximum atomic E-state index is 11.4. The van der Waals surface area contributed by atoms with Crippen LogP contribution in [0.4, 0.5) is 0 Å². The molecule has 0 saturated carbocycles. The number of hydrogen-bond donors (Lipinski definition) is 0. The number of nitrogens with zero attached hydrogens (tertiary/aromatic N) is 2. The normalized spacial score (nSPS) is 10.4. The second kappa shape index (κ2) is 3.14. The summed E-state index contributed by atoms with van der Waals surface area (Å²) >= 11 is 0. The standard InChI is InChI=1S/C10H10N2O2/c1-12-6-11-8-5-3-4-7(9(8)12)10(13)14-2/h3-6H,1-2H3. The fraction of sp³-hybridized carbons (Fsp3) is 0.200. The summed E-state index contributed by atoms with van der Waals surface area (Å²) in [6, 6.07) is 5.39. The van der Waals surface area contributed by atoms with Crippen molar-refractivity contribution in [1.29, 1.82) is 0 Å². The highest BCUT2D eigenvalue weighted by atomic mass is 16.5. The molecule has 1 aromatic carbocycles. The van der Waals surface area contributed by atoms with Crippen LogP contribution >= 0.6 is 0 Å². The van der Waals surface area contributed by atoms with E-state index in [1.165, 1.54) is 7.11 Å². The van der Waals surface area contributed by atoms with Crippen LogP contribution in [0.2, 0.25) is 0 Å². The van der Waals surface area contributed by atoms with E-state index in [-0.39, 0.29) is 5.97 Å². The third-order valence-corrected chi connectivity index (χ3v) is 2.14. The highest BCUT2D eigenvalue weighted by Crippen LogP contribution is 2.17. The molecule has 0 atom stereocenters. The number of carbonyl (C=O) groups is 1. The first kappa shape index (κ1) is 8.74. The number of imidazole rings is 1. The lowest BCUT2D eigenvalue weighted by molar-refractivity contribution is 0.0602. The molecule has 0 N–H and O–H groups in total. The second-order valence-corrected chi connectivity index (χ2v) is 3.02. The molecule has 0 unspecified atom stereocenters. The summed E-state index contributed by atoms with van der Waals surface area (Å²) in [4.78, 5) is 15.6. The monoisotopic (exact) mass is 190 g/mol. The molecule has 0 fully saturated rings. The van der Waals surface area contributed by atoms with Crippen LogP contribution < -0.4 is 0 Å². The van der Waals surface area contributed by atoms with Gasteiger partial charge in [0.15, 0.2) is 0 Å². The van der Waals surface area contributed by atoms with Gasteiger partial charge in [0.1, 0.15) is 0 Å². The molecular weight excluding hydrogens is 180 g/mol. The fourth-order valence-corrected chi connectivity index (χ4v) is 1.49. The number of esters is 1. The Labute approximate surface area is 81.1 Å². The lowest BCUT2D eigenvalue weighted by Crippen LogP contribution is -2.03. The van der Waals surface area contributed by atoms with E-state index >= 15 is 0 Å². The van der Waals surface area contributed by atoms with Crippen molar-refractivity contribution in [2.75, 3.05) is 7.11 Å². The van der Waals surface area contributed by atoms with E-state index in [0.29, 0.717) is 5.56 Å². The van der Waals surface area contributed by atoms with Gasteiger partial charge in [-0.05, 0) is 12.1 Å². The number of para-hydroxylation sites is 1. The van der Waals surface area contributed by atoms with Gasteiger partial charge in [-0.2, -0.15) is 0 Å². The van der Waals surface area contributed by atoms with Crippen molar-refractivity contribution in [2.45, 2.75) is 0 Å².